The first-order valence-corrected chi connectivity index (χ1v) is 21.8. The Bertz CT molecular complexity index is 2260. The second-order valence-corrected chi connectivity index (χ2v) is 16.8. The van der Waals surface area contributed by atoms with Gasteiger partial charge >= 0.3 is 23.9 Å². The van der Waals surface area contributed by atoms with Crippen molar-refractivity contribution in [3.8, 4) is 11.5 Å². The van der Waals surface area contributed by atoms with Gasteiger partial charge in [-0.25, -0.2) is 19.2 Å². The summed E-state index contributed by atoms with van der Waals surface area (Å²) in [5.74, 6) is -5.40. The highest BCUT2D eigenvalue weighted by atomic mass is 16.7. The maximum absolute atomic E-state index is 13.1. The van der Waals surface area contributed by atoms with Gasteiger partial charge in [0.15, 0.2) is 29.5 Å². The number of aliphatic carboxylic acids is 1. The fourth-order valence-electron chi connectivity index (χ4n) is 6.99. The molecule has 4 rings (SSSR count). The number of carboxylic acid groups (broad SMARTS) is 1. The van der Waals surface area contributed by atoms with E-state index in [0.29, 0.717) is 5.56 Å². The average molecular weight is 989 g/mol. The molecule has 3 aliphatic rings. The summed E-state index contributed by atoms with van der Waals surface area (Å²) in [6, 6.07) is 3.76. The molecular weight excluding hydrogens is 929 g/mol. The van der Waals surface area contributed by atoms with Crippen molar-refractivity contribution >= 4 is 30.0 Å². The highest BCUT2D eigenvalue weighted by Gasteiger charge is 2.53. The van der Waals surface area contributed by atoms with E-state index in [9.17, 15) is 80.5 Å². The highest BCUT2D eigenvalue weighted by molar-refractivity contribution is 5.89. The molecule has 2 heterocycles. The summed E-state index contributed by atoms with van der Waals surface area (Å²) in [7, 11) is 0. The molecule has 0 bridgehead atoms. The Balaban J connectivity index is 1.28. The fourth-order valence-corrected chi connectivity index (χ4v) is 6.99. The number of aliphatic hydroxyl groups excluding tert-OH is 8. The predicted octanol–water partition coefficient (Wildman–Crippen LogP) is -0.474. The summed E-state index contributed by atoms with van der Waals surface area (Å²) in [5.41, 5.74) is -0.569. The second kappa shape index (κ2) is 25.8. The second-order valence-electron chi connectivity index (χ2n) is 16.8. The molecular formula is C48H60O22. The Morgan fingerprint density at radius 2 is 1.20 bits per heavy atom. The lowest BCUT2D eigenvalue weighted by atomic mass is 9.79. The van der Waals surface area contributed by atoms with E-state index in [4.69, 9.17) is 28.4 Å². The number of phenols is 2. The van der Waals surface area contributed by atoms with Gasteiger partial charge in [0.05, 0.1) is 19.3 Å². The number of allylic oxidation sites excluding steroid dienone is 12. The van der Waals surface area contributed by atoms with Gasteiger partial charge in [-0.1, -0.05) is 78.0 Å². The van der Waals surface area contributed by atoms with Crippen molar-refractivity contribution in [2.45, 2.75) is 126 Å². The number of esters is 3. The van der Waals surface area contributed by atoms with Crippen LogP contribution in [-0.2, 0) is 47.6 Å². The number of phenolic OH excluding ortho intramolecular Hbond substituents is 2. The Labute approximate surface area is 401 Å². The van der Waals surface area contributed by atoms with Gasteiger partial charge in [0.2, 0.25) is 6.29 Å². The van der Waals surface area contributed by atoms with Crippen LogP contribution in [0.2, 0.25) is 0 Å². The molecule has 22 nitrogen and oxygen atoms in total. The first-order valence-electron chi connectivity index (χ1n) is 21.8. The minimum Gasteiger partial charge on any atom is -0.504 e. The van der Waals surface area contributed by atoms with Gasteiger partial charge < -0.3 is 89.7 Å². The van der Waals surface area contributed by atoms with Crippen LogP contribution >= 0.6 is 0 Å². The zero-order valence-corrected chi connectivity index (χ0v) is 38.4. The first kappa shape index (κ1) is 56.7. The van der Waals surface area contributed by atoms with Gasteiger partial charge in [-0.3, -0.25) is 0 Å². The van der Waals surface area contributed by atoms with E-state index >= 15 is 0 Å². The van der Waals surface area contributed by atoms with Crippen LogP contribution in [0.4, 0.5) is 0 Å². The number of hydrogen-bond acceptors (Lipinski definition) is 21. The molecule has 0 aromatic heterocycles. The summed E-state index contributed by atoms with van der Waals surface area (Å²) in [5, 5.41) is 121. The number of aromatic hydroxyl groups is 2. The van der Waals surface area contributed by atoms with Crippen molar-refractivity contribution in [3.05, 3.63) is 113 Å². The molecule has 1 aromatic rings. The zero-order chi connectivity index (χ0) is 52.0. The molecule has 2 aliphatic heterocycles. The molecule has 384 valence electrons. The van der Waals surface area contributed by atoms with Crippen molar-refractivity contribution in [1.82, 2.24) is 0 Å². The lowest BCUT2D eigenvalue weighted by Crippen LogP contribution is -2.61. The molecule has 2 saturated heterocycles. The molecule has 12 N–H and O–H groups in total. The molecule has 1 aromatic carbocycles. The lowest BCUT2D eigenvalue weighted by Gasteiger charge is -2.42. The third-order valence-electron chi connectivity index (χ3n) is 11.2. The van der Waals surface area contributed by atoms with Crippen molar-refractivity contribution in [3.63, 3.8) is 0 Å². The van der Waals surface area contributed by atoms with Crippen molar-refractivity contribution < 1.29 is 109 Å². The summed E-state index contributed by atoms with van der Waals surface area (Å²) in [6.45, 7) is 5.07. The summed E-state index contributed by atoms with van der Waals surface area (Å²) in [4.78, 5) is 50.4. The van der Waals surface area contributed by atoms with E-state index in [1.54, 1.807) is 62.5 Å². The molecule has 70 heavy (non-hydrogen) atoms. The molecule has 22 heteroatoms. The van der Waals surface area contributed by atoms with E-state index in [1.165, 1.54) is 50.3 Å². The van der Waals surface area contributed by atoms with Gasteiger partial charge in [-0.15, -0.1) is 0 Å². The standard InChI is InChI=1S/C48H60O22/c1-24(11-7-13-26(3)43(60)66-32-21-48(64,47(62)63)20-31(52)42(32)69-35(53)18-16-28-15-17-29(50)30(51)19-28)9-5-6-10-25(2)12-8-14-27(4)44(61)70-46-41(59)39(57)37(55)34(68-46)23-65-45-40(58)38(56)36(54)33(22-49)67-45/h5-19,31-34,36-42,45-46,49-52,54-59,64H,20-23H2,1-4H3,(H,62,63)/b6-5+,11-7+,12-8+,18-16+,24-9+,25-10+,26-13+,27-14+/t31-,32-,33-,34-,36-,37-,38+,39+,40-,41-,42-,45-,46+,48+/m1/s1. The number of aliphatic hydroxyl groups is 9. The molecule has 0 spiro atoms. The minimum absolute atomic E-state index is 0.0452. The van der Waals surface area contributed by atoms with E-state index in [-0.39, 0.29) is 16.9 Å². The number of carbonyl (C=O) groups excluding carboxylic acids is 3. The maximum atomic E-state index is 13.1. The van der Waals surface area contributed by atoms with E-state index in [1.807, 2.05) is 0 Å². The normalized spacial score (nSPS) is 32.7. The Morgan fingerprint density at radius 1 is 0.657 bits per heavy atom. The van der Waals surface area contributed by atoms with Gasteiger partial charge in [0, 0.05) is 30.1 Å². The number of carboxylic acids is 1. The Morgan fingerprint density at radius 3 is 1.76 bits per heavy atom. The highest BCUT2D eigenvalue weighted by Crippen LogP contribution is 2.34. The van der Waals surface area contributed by atoms with Crippen LogP contribution in [0.3, 0.4) is 0 Å². The van der Waals surface area contributed by atoms with Gasteiger partial charge in [-0.05, 0) is 51.5 Å². The van der Waals surface area contributed by atoms with Gasteiger partial charge in [-0.2, -0.15) is 0 Å². The van der Waals surface area contributed by atoms with Crippen molar-refractivity contribution in [1.29, 1.82) is 0 Å². The van der Waals surface area contributed by atoms with E-state index in [0.717, 1.165) is 17.2 Å². The number of hydrogen-bond donors (Lipinski definition) is 12. The van der Waals surface area contributed by atoms with E-state index < -0.39 is 141 Å². The average Bonchev–Trinajstić information content (AvgIpc) is 3.31. The quantitative estimate of drug-likeness (QED) is 0.0291. The molecule has 0 radical (unpaired) electrons. The summed E-state index contributed by atoms with van der Waals surface area (Å²) >= 11 is 0. The maximum Gasteiger partial charge on any atom is 0.336 e. The van der Waals surface area contributed by atoms with Crippen LogP contribution in [0.25, 0.3) is 6.08 Å². The Kier molecular flexibility index (Phi) is 20.9. The monoisotopic (exact) mass is 988 g/mol. The molecule has 3 fully saturated rings. The fraction of sp³-hybridized carbons (Fsp3) is 0.458. The van der Waals surface area contributed by atoms with Crippen molar-refractivity contribution in [2.75, 3.05) is 13.2 Å². The lowest BCUT2D eigenvalue weighted by molar-refractivity contribution is -0.326. The number of ether oxygens (including phenoxy) is 6. The SMILES string of the molecule is CC(/C=C/C=C(\C)C(=O)O[C@@H]1O[C@H](CO[C@@H]2O[C@H](CO)[C@@H](O)[C@H](O)[C@H]2O)[C@@H](O)[C@H](O)[C@H]1O)=C\C=C\C=C(C)\C=C\C=C(/C)C(=O)O[C@@H]1C[C@](O)(C(=O)O)C[C@@H](O)[C@H]1OC(=O)/C=C/c1ccc(O)c(O)c1. The van der Waals surface area contributed by atoms with Crippen LogP contribution in [0.15, 0.2) is 107 Å². The topological polar surface area (TPSA) is 366 Å². The number of rotatable bonds is 18. The minimum atomic E-state index is -2.49. The first-order chi connectivity index (χ1) is 33.0. The summed E-state index contributed by atoms with van der Waals surface area (Å²) < 4.78 is 32.1. The van der Waals surface area contributed by atoms with Crippen LogP contribution in [0.5, 0.6) is 11.5 Å². The van der Waals surface area contributed by atoms with Gasteiger partial charge in [0.1, 0.15) is 54.9 Å². The number of carbonyl (C=O) groups is 4. The Hall–Kier alpha value is -5.86. The smallest absolute Gasteiger partial charge is 0.336 e. The van der Waals surface area contributed by atoms with Crippen LogP contribution < -0.4 is 0 Å². The molecule has 0 unspecified atom stereocenters. The molecule has 14 atom stereocenters. The largest absolute Gasteiger partial charge is 0.504 e. The molecule has 1 aliphatic carbocycles. The zero-order valence-electron chi connectivity index (χ0n) is 38.4. The molecule has 0 amide bonds. The third kappa shape index (κ3) is 15.6. The van der Waals surface area contributed by atoms with Gasteiger partial charge in [0.25, 0.3) is 0 Å². The van der Waals surface area contributed by atoms with Crippen molar-refractivity contribution in [2.24, 2.45) is 0 Å². The van der Waals surface area contributed by atoms with Crippen LogP contribution in [0, 0.1) is 0 Å². The van der Waals surface area contributed by atoms with Crippen LogP contribution in [0.1, 0.15) is 46.1 Å². The number of benzene rings is 1. The third-order valence-corrected chi connectivity index (χ3v) is 11.2. The van der Waals surface area contributed by atoms with E-state index in [2.05, 4.69) is 0 Å². The predicted molar refractivity (Wildman–Crippen MR) is 241 cm³/mol. The molecule has 1 saturated carbocycles. The van der Waals surface area contributed by atoms with Crippen LogP contribution in [-0.4, -0.2) is 184 Å². The summed E-state index contributed by atoms with van der Waals surface area (Å²) in [6.07, 6.45) is -4.50.